The Morgan fingerprint density at radius 3 is 2.85 bits per heavy atom. The maximum Gasteiger partial charge on any atom is 0.125 e. The zero-order valence-corrected chi connectivity index (χ0v) is 7.63. The number of likely N-dealkylation sites (N-methyl/N-ethyl adjacent to an activating group) is 1. The lowest BCUT2D eigenvalue weighted by atomic mass is 10.1. The molecule has 0 radical (unpaired) electrons. The molecular formula is C10H13FN2. The molecule has 1 aliphatic heterocycles. The third-order valence-corrected chi connectivity index (χ3v) is 2.46. The fraction of sp³-hybridized carbons (Fsp3) is 0.400. The molecule has 0 amide bonds. The Hall–Kier alpha value is -1.09. The smallest absolute Gasteiger partial charge is 0.125 e. The largest absolute Gasteiger partial charge is 0.368 e. The second-order valence-electron chi connectivity index (χ2n) is 3.37. The Bertz CT molecular complexity index is 295. The predicted octanol–water partition coefficient (Wildman–Crippen LogP) is 1.23. The highest BCUT2D eigenvalue weighted by atomic mass is 19.1. The van der Waals surface area contributed by atoms with Crippen molar-refractivity contribution in [2.45, 2.75) is 6.04 Å². The molecule has 0 saturated carbocycles. The highest BCUT2D eigenvalue weighted by Crippen LogP contribution is 2.20. The van der Waals surface area contributed by atoms with Crippen LogP contribution in [-0.4, -0.2) is 26.2 Å². The molecule has 3 heteroatoms. The Morgan fingerprint density at radius 2 is 2.23 bits per heavy atom. The third-order valence-electron chi connectivity index (χ3n) is 2.46. The van der Waals surface area contributed by atoms with Gasteiger partial charge in [0.05, 0.1) is 0 Å². The molecule has 1 aromatic carbocycles. The fourth-order valence-electron chi connectivity index (χ4n) is 1.54. The standard InChI is InChI=1S/C10H13FN2/c1-12-9-6-13(7-9)10-4-2-3-8(11)5-10/h2-5,9,12H,6-7H2,1H3. The van der Waals surface area contributed by atoms with E-state index >= 15 is 0 Å². The summed E-state index contributed by atoms with van der Waals surface area (Å²) in [6.07, 6.45) is 0. The molecule has 70 valence electrons. The zero-order chi connectivity index (χ0) is 9.26. The van der Waals surface area contributed by atoms with Crippen molar-refractivity contribution in [3.05, 3.63) is 30.1 Å². The number of hydrogen-bond donors (Lipinski definition) is 1. The normalized spacial score (nSPS) is 17.2. The maximum atomic E-state index is 12.8. The highest BCUT2D eigenvalue weighted by molar-refractivity contribution is 5.49. The molecule has 0 unspecified atom stereocenters. The second kappa shape index (κ2) is 3.34. The van der Waals surface area contributed by atoms with Crippen LogP contribution in [0.4, 0.5) is 10.1 Å². The van der Waals surface area contributed by atoms with Crippen LogP contribution in [-0.2, 0) is 0 Å². The first kappa shape index (κ1) is 8.51. The molecule has 1 aromatic rings. The van der Waals surface area contributed by atoms with Gasteiger partial charge in [-0.25, -0.2) is 4.39 Å². The first-order valence-corrected chi connectivity index (χ1v) is 4.47. The van der Waals surface area contributed by atoms with Crippen LogP contribution in [0.1, 0.15) is 0 Å². The molecule has 1 fully saturated rings. The van der Waals surface area contributed by atoms with Crippen molar-refractivity contribution in [1.82, 2.24) is 5.32 Å². The molecule has 2 nitrogen and oxygen atoms in total. The minimum Gasteiger partial charge on any atom is -0.368 e. The summed E-state index contributed by atoms with van der Waals surface area (Å²) in [7, 11) is 1.95. The number of nitrogens with one attached hydrogen (secondary N) is 1. The summed E-state index contributed by atoms with van der Waals surface area (Å²) < 4.78 is 12.8. The maximum absolute atomic E-state index is 12.8. The number of benzene rings is 1. The van der Waals surface area contributed by atoms with Gasteiger partial charge in [0, 0.05) is 24.8 Å². The minimum atomic E-state index is -0.162. The molecule has 0 aromatic heterocycles. The molecule has 0 spiro atoms. The highest BCUT2D eigenvalue weighted by Gasteiger charge is 2.24. The van der Waals surface area contributed by atoms with Crippen LogP contribution in [0, 0.1) is 5.82 Å². The van der Waals surface area contributed by atoms with Gasteiger partial charge in [0.2, 0.25) is 0 Å². The zero-order valence-electron chi connectivity index (χ0n) is 7.63. The van der Waals surface area contributed by atoms with Crippen molar-refractivity contribution in [2.75, 3.05) is 25.0 Å². The van der Waals surface area contributed by atoms with Gasteiger partial charge in [-0.1, -0.05) is 6.07 Å². The van der Waals surface area contributed by atoms with E-state index in [0.29, 0.717) is 6.04 Å². The van der Waals surface area contributed by atoms with E-state index in [9.17, 15) is 4.39 Å². The summed E-state index contributed by atoms with van der Waals surface area (Å²) in [6.45, 7) is 1.94. The summed E-state index contributed by atoms with van der Waals surface area (Å²) in [6, 6.07) is 7.29. The molecule has 1 aliphatic rings. The third kappa shape index (κ3) is 1.65. The molecule has 2 rings (SSSR count). The van der Waals surface area contributed by atoms with Crippen LogP contribution in [0.25, 0.3) is 0 Å². The predicted molar refractivity (Wildman–Crippen MR) is 51.5 cm³/mol. The summed E-state index contributed by atoms with van der Waals surface area (Å²) in [5.41, 5.74) is 0.978. The van der Waals surface area contributed by atoms with Gasteiger partial charge in [0.25, 0.3) is 0 Å². The minimum absolute atomic E-state index is 0.162. The van der Waals surface area contributed by atoms with Crippen molar-refractivity contribution in [3.8, 4) is 0 Å². The molecule has 1 saturated heterocycles. The van der Waals surface area contributed by atoms with Gasteiger partial charge < -0.3 is 10.2 Å². The fourth-order valence-corrected chi connectivity index (χ4v) is 1.54. The number of anilines is 1. The Labute approximate surface area is 77.4 Å². The van der Waals surface area contributed by atoms with Crippen LogP contribution in [0.15, 0.2) is 24.3 Å². The SMILES string of the molecule is CNC1CN(c2cccc(F)c2)C1. The lowest BCUT2D eigenvalue weighted by molar-refractivity contribution is 0.450. The van der Waals surface area contributed by atoms with E-state index in [1.54, 1.807) is 12.1 Å². The second-order valence-corrected chi connectivity index (χ2v) is 3.37. The lowest BCUT2D eigenvalue weighted by Gasteiger charge is -2.40. The molecule has 0 atom stereocenters. The van der Waals surface area contributed by atoms with Crippen LogP contribution in [0.3, 0.4) is 0 Å². The van der Waals surface area contributed by atoms with Crippen LogP contribution < -0.4 is 10.2 Å². The van der Waals surface area contributed by atoms with Crippen molar-refractivity contribution in [1.29, 1.82) is 0 Å². The average molecular weight is 180 g/mol. The summed E-state index contributed by atoms with van der Waals surface area (Å²) in [5.74, 6) is -0.162. The van der Waals surface area contributed by atoms with E-state index in [-0.39, 0.29) is 5.82 Å². The van der Waals surface area contributed by atoms with Gasteiger partial charge in [-0.15, -0.1) is 0 Å². The number of halogens is 1. The van der Waals surface area contributed by atoms with Gasteiger partial charge in [-0.3, -0.25) is 0 Å². The topological polar surface area (TPSA) is 15.3 Å². The Morgan fingerprint density at radius 1 is 1.46 bits per heavy atom. The first-order valence-electron chi connectivity index (χ1n) is 4.47. The monoisotopic (exact) mass is 180 g/mol. The molecule has 0 aliphatic carbocycles. The number of nitrogens with zero attached hydrogens (tertiary/aromatic N) is 1. The van der Waals surface area contributed by atoms with E-state index in [0.717, 1.165) is 18.8 Å². The Kier molecular flexibility index (Phi) is 2.19. The molecule has 1 N–H and O–H groups in total. The first-order chi connectivity index (χ1) is 6.29. The van der Waals surface area contributed by atoms with E-state index in [2.05, 4.69) is 10.2 Å². The van der Waals surface area contributed by atoms with E-state index in [1.807, 2.05) is 13.1 Å². The van der Waals surface area contributed by atoms with Gasteiger partial charge >= 0.3 is 0 Å². The van der Waals surface area contributed by atoms with Gasteiger partial charge in [0.1, 0.15) is 5.82 Å². The number of rotatable bonds is 2. The Balaban J connectivity index is 2.03. The van der Waals surface area contributed by atoms with Crippen molar-refractivity contribution in [2.24, 2.45) is 0 Å². The van der Waals surface area contributed by atoms with Crippen molar-refractivity contribution in [3.63, 3.8) is 0 Å². The average Bonchev–Trinajstić information content (AvgIpc) is 2.02. The van der Waals surface area contributed by atoms with Gasteiger partial charge in [-0.05, 0) is 25.2 Å². The summed E-state index contributed by atoms with van der Waals surface area (Å²) in [5, 5.41) is 3.18. The van der Waals surface area contributed by atoms with Crippen molar-refractivity contribution >= 4 is 5.69 Å². The van der Waals surface area contributed by atoms with Gasteiger partial charge in [0.15, 0.2) is 0 Å². The van der Waals surface area contributed by atoms with Gasteiger partial charge in [-0.2, -0.15) is 0 Å². The lowest BCUT2D eigenvalue weighted by Crippen LogP contribution is -2.57. The molecule has 1 heterocycles. The molecule has 13 heavy (non-hydrogen) atoms. The molecule has 0 bridgehead atoms. The molecular weight excluding hydrogens is 167 g/mol. The van der Waals surface area contributed by atoms with E-state index in [4.69, 9.17) is 0 Å². The van der Waals surface area contributed by atoms with Crippen LogP contribution >= 0.6 is 0 Å². The van der Waals surface area contributed by atoms with Crippen molar-refractivity contribution < 1.29 is 4.39 Å². The van der Waals surface area contributed by atoms with Crippen LogP contribution in [0.2, 0.25) is 0 Å². The summed E-state index contributed by atoms with van der Waals surface area (Å²) >= 11 is 0. The van der Waals surface area contributed by atoms with E-state index in [1.165, 1.54) is 6.07 Å². The number of hydrogen-bond acceptors (Lipinski definition) is 2. The van der Waals surface area contributed by atoms with E-state index < -0.39 is 0 Å². The summed E-state index contributed by atoms with van der Waals surface area (Å²) in [4.78, 5) is 2.16. The quantitative estimate of drug-likeness (QED) is 0.736. The van der Waals surface area contributed by atoms with Crippen LogP contribution in [0.5, 0.6) is 0 Å².